The third kappa shape index (κ3) is 4.72. The van der Waals surface area contributed by atoms with Crippen LogP contribution < -0.4 is 0 Å². The van der Waals surface area contributed by atoms with Gasteiger partial charge in [-0.3, -0.25) is 0 Å². The van der Waals surface area contributed by atoms with Crippen LogP contribution in [0.3, 0.4) is 0 Å². The molecule has 0 amide bonds. The summed E-state index contributed by atoms with van der Waals surface area (Å²) in [5.41, 5.74) is 2.15. The van der Waals surface area contributed by atoms with Gasteiger partial charge in [0.15, 0.2) is 0 Å². The van der Waals surface area contributed by atoms with Crippen molar-refractivity contribution in [1.29, 1.82) is 0 Å². The molecule has 2 aliphatic heterocycles. The van der Waals surface area contributed by atoms with Crippen molar-refractivity contribution in [2.45, 2.75) is 84.7 Å². The number of rotatable bonds is 6. The Bertz CT molecular complexity index is 949. The van der Waals surface area contributed by atoms with Crippen molar-refractivity contribution in [3.63, 3.8) is 0 Å². The van der Waals surface area contributed by atoms with Crippen LogP contribution in [-0.4, -0.2) is 50.0 Å². The number of hydrogen-bond acceptors (Lipinski definition) is 6. The summed E-state index contributed by atoms with van der Waals surface area (Å²) in [7, 11) is 0.236. The zero-order chi connectivity index (χ0) is 24.8. The lowest BCUT2D eigenvalue weighted by atomic mass is 9.60. The van der Waals surface area contributed by atoms with Gasteiger partial charge in [-0.15, -0.1) is 0 Å². The van der Waals surface area contributed by atoms with Crippen LogP contribution in [-0.2, 0) is 23.5 Å². The van der Waals surface area contributed by atoms with E-state index >= 15 is 0 Å². The zero-order valence-electron chi connectivity index (χ0n) is 21.7. The lowest BCUT2D eigenvalue weighted by Gasteiger charge is -2.32. The molecule has 0 saturated carbocycles. The molecule has 0 aromatic heterocycles. The van der Waals surface area contributed by atoms with Gasteiger partial charge < -0.3 is 23.5 Å². The molecule has 0 bridgehead atoms. The van der Waals surface area contributed by atoms with E-state index < -0.39 is 36.6 Å². The first-order chi connectivity index (χ1) is 15.1. The summed E-state index contributed by atoms with van der Waals surface area (Å²) in [6.45, 7) is 22.6. The first-order valence-corrected chi connectivity index (χ1v) is 11.4. The predicted octanol–water partition coefficient (Wildman–Crippen LogP) is 5.26. The minimum absolute atomic E-state index is 0.504. The highest BCUT2D eigenvalue weighted by Gasteiger charge is 2.57. The first kappa shape index (κ1) is 25.8. The molecule has 178 valence electrons. The molecule has 0 N–H and O–H groups in total. The summed E-state index contributed by atoms with van der Waals surface area (Å²) in [6, 6.07) is 7.93. The maximum atomic E-state index is 6.53. The molecule has 2 fully saturated rings. The molecule has 2 heterocycles. The minimum atomic E-state index is -0.655. The Hall–Kier alpha value is -1.86. The van der Waals surface area contributed by atoms with Crippen LogP contribution in [0.2, 0.25) is 0 Å². The van der Waals surface area contributed by atoms with E-state index in [9.17, 15) is 0 Å². The molecule has 8 heteroatoms. The molecule has 0 unspecified atom stereocenters. The van der Waals surface area contributed by atoms with Crippen LogP contribution in [0.4, 0.5) is 0 Å². The second kappa shape index (κ2) is 8.73. The second-order valence-electron chi connectivity index (χ2n) is 10.8. The topological polar surface area (TPSA) is 58.5 Å². The van der Waals surface area contributed by atoms with E-state index in [2.05, 4.69) is 11.7 Å². The molecule has 33 heavy (non-hydrogen) atoms. The van der Waals surface area contributed by atoms with Gasteiger partial charge in [0.1, 0.15) is 7.11 Å². The smallest absolute Gasteiger partial charge is 0.399 e. The standard InChI is InChI=1S/C25H37B2NO5/c1-17(2)20(26-30-22(3,4)23(5,6)31-26)21(27-32-24(7,8)25(9,10)33-27)19-15-13-12-14-18(19)16-28-29-11/h12-16H,1H2,2-11H3/b21-20-,28-16+. The van der Waals surface area contributed by atoms with Gasteiger partial charge in [-0.25, -0.2) is 0 Å². The number of allylic oxidation sites excluding steroid dienone is 2. The van der Waals surface area contributed by atoms with Crippen LogP contribution in [0.15, 0.2) is 47.0 Å². The van der Waals surface area contributed by atoms with E-state index in [0.717, 1.165) is 27.6 Å². The molecule has 1 aromatic carbocycles. The molecule has 0 radical (unpaired) electrons. The van der Waals surface area contributed by atoms with E-state index in [-0.39, 0.29) is 0 Å². The highest BCUT2D eigenvalue weighted by atomic mass is 16.7. The molecule has 1 aromatic rings. The zero-order valence-corrected chi connectivity index (χ0v) is 21.7. The number of oxime groups is 1. The second-order valence-corrected chi connectivity index (χ2v) is 10.8. The van der Waals surface area contributed by atoms with Crippen molar-refractivity contribution >= 4 is 25.9 Å². The third-order valence-electron chi connectivity index (χ3n) is 7.28. The summed E-state index contributed by atoms with van der Waals surface area (Å²) in [6.07, 6.45) is 1.68. The highest BCUT2D eigenvalue weighted by molar-refractivity contribution is 6.74. The van der Waals surface area contributed by atoms with E-state index in [0.29, 0.717) is 0 Å². The summed E-state index contributed by atoms with van der Waals surface area (Å²) in [5.74, 6) is 0. The summed E-state index contributed by atoms with van der Waals surface area (Å²) < 4.78 is 26.0. The van der Waals surface area contributed by atoms with Gasteiger partial charge in [0.2, 0.25) is 0 Å². The van der Waals surface area contributed by atoms with Gasteiger partial charge in [0, 0.05) is 5.56 Å². The molecule has 0 aliphatic carbocycles. The van der Waals surface area contributed by atoms with E-state index in [1.165, 1.54) is 7.11 Å². The molecule has 0 spiro atoms. The fraction of sp³-hybridized carbons (Fsp3) is 0.560. The Morgan fingerprint density at radius 2 is 1.30 bits per heavy atom. The maximum Gasteiger partial charge on any atom is 0.495 e. The highest BCUT2D eigenvalue weighted by Crippen LogP contribution is 2.46. The van der Waals surface area contributed by atoms with E-state index in [4.69, 9.17) is 23.5 Å². The normalized spacial score (nSPS) is 23.7. The van der Waals surface area contributed by atoms with Gasteiger partial charge in [0.05, 0.1) is 28.6 Å². The molecule has 3 rings (SSSR count). The van der Waals surface area contributed by atoms with E-state index in [1.807, 2.05) is 86.6 Å². The minimum Gasteiger partial charge on any atom is -0.399 e. The van der Waals surface area contributed by atoms with Gasteiger partial charge in [-0.1, -0.05) is 41.6 Å². The largest absolute Gasteiger partial charge is 0.495 e. The van der Waals surface area contributed by atoms with Crippen LogP contribution in [0.5, 0.6) is 0 Å². The lowest BCUT2D eigenvalue weighted by molar-refractivity contribution is 0.00578. The number of hydrogen-bond donors (Lipinski definition) is 0. The van der Waals surface area contributed by atoms with Crippen molar-refractivity contribution in [3.05, 3.63) is 53.0 Å². The fourth-order valence-electron chi connectivity index (χ4n) is 3.84. The van der Waals surface area contributed by atoms with Gasteiger partial charge in [-0.05, 0) is 78.8 Å². The quantitative estimate of drug-likeness (QED) is 0.255. The average Bonchev–Trinajstić information content (AvgIpc) is 3.03. The summed E-state index contributed by atoms with van der Waals surface area (Å²) in [5, 5.41) is 4.00. The molecule has 2 aliphatic rings. The van der Waals surface area contributed by atoms with Crippen LogP contribution >= 0.6 is 0 Å². The van der Waals surface area contributed by atoms with Gasteiger partial charge in [0.25, 0.3) is 0 Å². The Labute approximate surface area is 199 Å². The van der Waals surface area contributed by atoms with Gasteiger partial charge in [-0.2, -0.15) is 0 Å². The predicted molar refractivity (Wildman–Crippen MR) is 135 cm³/mol. The lowest BCUT2D eigenvalue weighted by Crippen LogP contribution is -2.41. The Balaban J connectivity index is 2.28. The van der Waals surface area contributed by atoms with Gasteiger partial charge >= 0.3 is 14.2 Å². The van der Waals surface area contributed by atoms with Crippen molar-refractivity contribution in [3.8, 4) is 0 Å². The fourth-order valence-corrected chi connectivity index (χ4v) is 3.84. The Kier molecular flexibility index (Phi) is 6.82. The molecule has 2 saturated heterocycles. The number of benzene rings is 1. The Morgan fingerprint density at radius 1 is 0.848 bits per heavy atom. The van der Waals surface area contributed by atoms with Crippen molar-refractivity contribution in [2.75, 3.05) is 7.11 Å². The Morgan fingerprint density at radius 3 is 1.76 bits per heavy atom. The summed E-state index contributed by atoms with van der Waals surface area (Å²) in [4.78, 5) is 4.96. The van der Waals surface area contributed by atoms with Crippen molar-refractivity contribution < 1.29 is 23.5 Å². The molecule has 0 atom stereocenters. The van der Waals surface area contributed by atoms with Crippen LogP contribution in [0.1, 0.15) is 73.4 Å². The maximum absolute atomic E-state index is 6.53. The third-order valence-corrected chi connectivity index (χ3v) is 7.28. The SMILES string of the molecule is C=C(C)/C(B1OC(C)(C)C(C)(C)O1)=C(/B1OC(C)(C)C(C)(C)O1)c1ccccc1/C=N/OC. The van der Waals surface area contributed by atoms with Crippen LogP contribution in [0, 0.1) is 0 Å². The average molecular weight is 453 g/mol. The molecular formula is C25H37B2NO5. The van der Waals surface area contributed by atoms with Crippen molar-refractivity contribution in [2.24, 2.45) is 5.16 Å². The molecule has 6 nitrogen and oxygen atoms in total. The van der Waals surface area contributed by atoms with Crippen LogP contribution in [0.25, 0.3) is 5.47 Å². The van der Waals surface area contributed by atoms with E-state index in [1.54, 1.807) is 6.21 Å². The number of nitrogens with zero attached hydrogens (tertiary/aromatic N) is 1. The first-order valence-electron chi connectivity index (χ1n) is 11.4. The monoisotopic (exact) mass is 453 g/mol. The summed E-state index contributed by atoms with van der Waals surface area (Å²) >= 11 is 0. The van der Waals surface area contributed by atoms with Crippen molar-refractivity contribution in [1.82, 2.24) is 0 Å². The molecular weight excluding hydrogens is 416 g/mol.